The van der Waals surface area contributed by atoms with Crippen LogP contribution in [0, 0.1) is 13.8 Å². The summed E-state index contributed by atoms with van der Waals surface area (Å²) in [5.41, 5.74) is 1.74. The molecule has 3 aromatic rings. The van der Waals surface area contributed by atoms with Crippen molar-refractivity contribution in [1.82, 2.24) is 19.9 Å². The molecule has 9 nitrogen and oxygen atoms in total. The highest BCUT2D eigenvalue weighted by Gasteiger charge is 2.38. The minimum Gasteiger partial charge on any atom is -0.497 e. The van der Waals surface area contributed by atoms with Crippen LogP contribution in [-0.4, -0.2) is 57.2 Å². The summed E-state index contributed by atoms with van der Waals surface area (Å²) in [5.74, 6) is 0.532. The third kappa shape index (κ3) is 6.72. The summed E-state index contributed by atoms with van der Waals surface area (Å²) in [4.78, 5) is 41.5. The number of ether oxygens (including phenoxy) is 2. The number of nitrogens with one attached hydrogen (secondary N) is 1. The van der Waals surface area contributed by atoms with Crippen LogP contribution in [-0.2, 0) is 16.1 Å². The Hall–Kier alpha value is -3.66. The molecule has 0 radical (unpaired) electrons. The van der Waals surface area contributed by atoms with Gasteiger partial charge in [0.2, 0.25) is 11.8 Å². The molecule has 0 aliphatic rings. The first kappa shape index (κ1) is 26.9. The molecule has 0 bridgehead atoms. The Bertz CT molecular complexity index is 1200. The van der Waals surface area contributed by atoms with Crippen molar-refractivity contribution in [2.45, 2.75) is 44.9 Å². The van der Waals surface area contributed by atoms with Crippen LogP contribution in [0.4, 0.5) is 5.69 Å². The second kappa shape index (κ2) is 11.9. The van der Waals surface area contributed by atoms with Crippen LogP contribution in [0.1, 0.15) is 30.8 Å². The average Bonchev–Trinajstić information content (AvgIpc) is 2.86. The van der Waals surface area contributed by atoms with Crippen LogP contribution in [0.25, 0.3) is 0 Å². The molecule has 3 rings (SSSR count). The maximum Gasteiger partial charge on any atom is 0.249 e. The van der Waals surface area contributed by atoms with Gasteiger partial charge in [-0.15, -0.1) is 0 Å². The van der Waals surface area contributed by atoms with Crippen molar-refractivity contribution in [1.29, 1.82) is 0 Å². The van der Waals surface area contributed by atoms with E-state index in [1.54, 1.807) is 62.5 Å². The van der Waals surface area contributed by atoms with Gasteiger partial charge in [0, 0.05) is 36.4 Å². The Morgan fingerprint density at radius 3 is 2.39 bits per heavy atom. The zero-order valence-electron chi connectivity index (χ0n) is 21.4. The standard InChI is InChI=1S/C26H31N5O4S/c1-17-12-18(2)29-25(28-17)36-16-23(32)31(15-19-8-7-11-27-14-19)26(3,4)24(33)30-21-10-9-20(34-5)13-22(21)35-6/h7-14H,15-16H2,1-6H3,(H,30,33). The molecule has 0 saturated heterocycles. The SMILES string of the molecule is COc1ccc(NC(=O)C(C)(C)N(Cc2cccnc2)C(=O)CSc2nc(C)cc(C)n2)c(OC)c1. The lowest BCUT2D eigenvalue weighted by Crippen LogP contribution is -2.55. The van der Waals surface area contributed by atoms with Gasteiger partial charge in [0.15, 0.2) is 5.16 Å². The summed E-state index contributed by atoms with van der Waals surface area (Å²) in [5, 5.41) is 3.42. The highest BCUT2D eigenvalue weighted by molar-refractivity contribution is 7.99. The van der Waals surface area contributed by atoms with E-state index in [0.29, 0.717) is 22.3 Å². The molecule has 190 valence electrons. The molecule has 0 fully saturated rings. The molecule has 1 aromatic carbocycles. The van der Waals surface area contributed by atoms with Gasteiger partial charge in [-0.2, -0.15) is 0 Å². The second-order valence-corrected chi connectivity index (χ2v) is 9.58. The minimum absolute atomic E-state index is 0.0751. The second-order valence-electron chi connectivity index (χ2n) is 8.64. The molecule has 2 aromatic heterocycles. The van der Waals surface area contributed by atoms with E-state index >= 15 is 0 Å². The summed E-state index contributed by atoms with van der Waals surface area (Å²) < 4.78 is 10.6. The highest BCUT2D eigenvalue weighted by Crippen LogP contribution is 2.31. The summed E-state index contributed by atoms with van der Waals surface area (Å²) >= 11 is 1.24. The molecule has 0 saturated carbocycles. The summed E-state index contributed by atoms with van der Waals surface area (Å²) in [6, 6.07) is 10.7. The largest absolute Gasteiger partial charge is 0.497 e. The zero-order valence-corrected chi connectivity index (χ0v) is 22.2. The molecule has 2 amide bonds. The van der Waals surface area contributed by atoms with Crippen LogP contribution in [0.5, 0.6) is 11.5 Å². The Kier molecular flexibility index (Phi) is 8.87. The first-order valence-electron chi connectivity index (χ1n) is 11.3. The van der Waals surface area contributed by atoms with Gasteiger partial charge < -0.3 is 19.7 Å². The molecule has 0 unspecified atom stereocenters. The smallest absolute Gasteiger partial charge is 0.249 e. The van der Waals surface area contributed by atoms with Gasteiger partial charge in [0.25, 0.3) is 0 Å². The summed E-state index contributed by atoms with van der Waals surface area (Å²) in [6.07, 6.45) is 3.34. The number of hydrogen-bond donors (Lipinski definition) is 1. The van der Waals surface area contributed by atoms with Gasteiger partial charge in [0.1, 0.15) is 17.0 Å². The number of benzene rings is 1. The summed E-state index contributed by atoms with van der Waals surface area (Å²) in [7, 11) is 3.07. The number of methoxy groups -OCH3 is 2. The predicted octanol–water partition coefficient (Wildman–Crippen LogP) is 4.04. The van der Waals surface area contributed by atoms with Crippen molar-refractivity contribution < 1.29 is 19.1 Å². The first-order valence-corrected chi connectivity index (χ1v) is 12.3. The van der Waals surface area contributed by atoms with Gasteiger partial charge in [0.05, 0.1) is 25.7 Å². The number of hydrogen-bond acceptors (Lipinski definition) is 8. The summed E-state index contributed by atoms with van der Waals surface area (Å²) in [6.45, 7) is 7.41. The monoisotopic (exact) mass is 509 g/mol. The van der Waals surface area contributed by atoms with E-state index in [1.807, 2.05) is 26.0 Å². The number of anilines is 1. The number of carbonyl (C=O) groups is 2. The predicted molar refractivity (Wildman–Crippen MR) is 139 cm³/mol. The minimum atomic E-state index is -1.21. The van der Waals surface area contributed by atoms with Crippen LogP contribution in [0.15, 0.2) is 53.9 Å². The van der Waals surface area contributed by atoms with Gasteiger partial charge >= 0.3 is 0 Å². The van der Waals surface area contributed by atoms with E-state index in [-0.39, 0.29) is 24.1 Å². The van der Waals surface area contributed by atoms with Gasteiger partial charge in [-0.05, 0) is 57.5 Å². The van der Waals surface area contributed by atoms with Gasteiger partial charge in [-0.1, -0.05) is 17.8 Å². The lowest BCUT2D eigenvalue weighted by atomic mass is 10.00. The first-order chi connectivity index (χ1) is 17.1. The quantitative estimate of drug-likeness (QED) is 0.322. The molecular formula is C26H31N5O4S. The van der Waals surface area contributed by atoms with Gasteiger partial charge in [-0.25, -0.2) is 9.97 Å². The Balaban J connectivity index is 1.85. The lowest BCUT2D eigenvalue weighted by Gasteiger charge is -2.37. The van der Waals surface area contributed by atoms with Crippen molar-refractivity contribution in [3.63, 3.8) is 0 Å². The average molecular weight is 510 g/mol. The van der Waals surface area contributed by atoms with E-state index in [1.165, 1.54) is 18.9 Å². The molecule has 10 heteroatoms. The van der Waals surface area contributed by atoms with Crippen LogP contribution in [0.2, 0.25) is 0 Å². The molecule has 0 atom stereocenters. The van der Waals surface area contributed by atoms with Crippen molar-refractivity contribution in [3.05, 3.63) is 65.7 Å². The number of aromatic nitrogens is 3. The fourth-order valence-electron chi connectivity index (χ4n) is 3.53. The van der Waals surface area contributed by atoms with Crippen molar-refractivity contribution in [2.75, 3.05) is 25.3 Å². The number of rotatable bonds is 10. The normalized spacial score (nSPS) is 11.1. The van der Waals surface area contributed by atoms with E-state index in [9.17, 15) is 9.59 Å². The van der Waals surface area contributed by atoms with Gasteiger partial charge in [-0.3, -0.25) is 14.6 Å². The maximum atomic E-state index is 13.5. The number of thioether (sulfide) groups is 1. The molecule has 36 heavy (non-hydrogen) atoms. The van der Waals surface area contributed by atoms with Crippen LogP contribution < -0.4 is 14.8 Å². The molecule has 1 N–H and O–H groups in total. The third-order valence-electron chi connectivity index (χ3n) is 5.54. The molecule has 0 aliphatic carbocycles. The molecule has 0 spiro atoms. The Morgan fingerprint density at radius 1 is 1.06 bits per heavy atom. The number of pyridine rings is 1. The maximum absolute atomic E-state index is 13.5. The molecule has 2 heterocycles. The Morgan fingerprint density at radius 2 is 1.78 bits per heavy atom. The fourth-order valence-corrected chi connectivity index (χ4v) is 4.36. The van der Waals surface area contributed by atoms with Crippen molar-refractivity contribution in [2.24, 2.45) is 0 Å². The zero-order chi connectivity index (χ0) is 26.3. The van der Waals surface area contributed by atoms with Crippen LogP contribution >= 0.6 is 11.8 Å². The van der Waals surface area contributed by atoms with Crippen molar-refractivity contribution in [3.8, 4) is 11.5 Å². The number of nitrogens with zero attached hydrogens (tertiary/aromatic N) is 4. The number of aryl methyl sites for hydroxylation is 2. The topological polar surface area (TPSA) is 107 Å². The van der Waals surface area contributed by atoms with Crippen LogP contribution in [0.3, 0.4) is 0 Å². The number of carbonyl (C=O) groups excluding carboxylic acids is 2. The number of amides is 2. The Labute approximate surface area is 215 Å². The van der Waals surface area contributed by atoms with Crippen molar-refractivity contribution >= 4 is 29.3 Å². The van der Waals surface area contributed by atoms with E-state index in [2.05, 4.69) is 20.3 Å². The van der Waals surface area contributed by atoms with E-state index in [0.717, 1.165) is 17.0 Å². The molecule has 0 aliphatic heterocycles. The van der Waals surface area contributed by atoms with E-state index in [4.69, 9.17) is 9.47 Å². The third-order valence-corrected chi connectivity index (χ3v) is 6.37. The highest BCUT2D eigenvalue weighted by atomic mass is 32.2. The lowest BCUT2D eigenvalue weighted by molar-refractivity contribution is -0.142. The van der Waals surface area contributed by atoms with E-state index < -0.39 is 5.54 Å². The molecular weight excluding hydrogens is 478 g/mol. The fraction of sp³-hybridized carbons (Fsp3) is 0.346.